The number of carbonyl (C=O) groups excluding carboxylic acids is 1. The van der Waals surface area contributed by atoms with Crippen LogP contribution in [-0.2, 0) is 14.2 Å². The van der Waals surface area contributed by atoms with Gasteiger partial charge in [0.05, 0.1) is 17.9 Å². The number of hydrogen-bond donors (Lipinski definition) is 0. The van der Waals surface area contributed by atoms with Gasteiger partial charge in [0.25, 0.3) is 0 Å². The Kier molecular flexibility index (Phi) is 9.72. The first-order valence-corrected chi connectivity index (χ1v) is 22.5. The van der Waals surface area contributed by atoms with Crippen molar-refractivity contribution in [2.75, 3.05) is 31.6 Å². The van der Waals surface area contributed by atoms with Crippen molar-refractivity contribution in [3.8, 4) is 0 Å². The van der Waals surface area contributed by atoms with Gasteiger partial charge in [-0.1, -0.05) is 45.4 Å². The number of amides is 1. The van der Waals surface area contributed by atoms with E-state index in [0.29, 0.717) is 13.5 Å². The SMILES string of the molecule is CC(C)(C)OC(=O)N1[C@@H]2CC[C@H]1C=C(c1cc(N(COCC[Si](C)(C)C)COCC[Si](C)(C)C)n3nccc3n1)C2. The van der Waals surface area contributed by atoms with Crippen LogP contribution in [0.3, 0.4) is 0 Å². The maximum atomic E-state index is 13.0. The van der Waals surface area contributed by atoms with E-state index >= 15 is 0 Å². The van der Waals surface area contributed by atoms with Crippen LogP contribution in [0.25, 0.3) is 11.2 Å². The Balaban J connectivity index is 1.58. The van der Waals surface area contributed by atoms with E-state index in [0.717, 1.165) is 61.7 Å². The van der Waals surface area contributed by atoms with Gasteiger partial charge in [0, 0.05) is 47.5 Å². The average molecular weight is 602 g/mol. The minimum atomic E-state index is -1.20. The summed E-state index contributed by atoms with van der Waals surface area (Å²) < 4.78 is 20.0. The van der Waals surface area contributed by atoms with Crippen LogP contribution < -0.4 is 4.90 Å². The number of carbonyl (C=O) groups is 1. The normalized spacial score (nSPS) is 19.5. The highest BCUT2D eigenvalue weighted by molar-refractivity contribution is 6.76. The smallest absolute Gasteiger partial charge is 0.411 e. The maximum absolute atomic E-state index is 13.0. The number of ether oxygens (including phenoxy) is 3. The Morgan fingerprint density at radius 2 is 1.66 bits per heavy atom. The predicted octanol–water partition coefficient (Wildman–Crippen LogP) is 6.72. The van der Waals surface area contributed by atoms with E-state index in [1.807, 2.05) is 36.3 Å². The predicted molar refractivity (Wildman–Crippen MR) is 171 cm³/mol. The van der Waals surface area contributed by atoms with E-state index in [2.05, 4.69) is 61.4 Å². The minimum absolute atomic E-state index is 0.0240. The number of anilines is 1. The molecule has 2 aliphatic heterocycles. The summed E-state index contributed by atoms with van der Waals surface area (Å²) in [6.45, 7) is 22.3. The molecule has 4 rings (SSSR count). The summed E-state index contributed by atoms with van der Waals surface area (Å²) in [6, 6.07) is 6.41. The first kappa shape index (κ1) is 31.7. The van der Waals surface area contributed by atoms with Crippen LogP contribution in [0.4, 0.5) is 10.6 Å². The standard InChI is InChI=1S/C30H51N5O4Si2/c1-30(2,3)39-29(36)34-24-10-11-25(34)19-23(18-24)26-20-28(35-27(32-26)12-13-31-35)33(21-37-14-16-40(4,5)6)22-38-15-17-41(7,8)9/h12-13,18,20,24-25H,10-11,14-17,19,21-22H2,1-9H3/t24-,25+/m0/s1. The fraction of sp³-hybridized carbons (Fsp3) is 0.700. The van der Waals surface area contributed by atoms with Crippen molar-refractivity contribution >= 4 is 39.3 Å². The van der Waals surface area contributed by atoms with E-state index in [9.17, 15) is 4.79 Å². The van der Waals surface area contributed by atoms with Gasteiger partial charge in [-0.05, 0) is 57.7 Å². The molecule has 9 nitrogen and oxygen atoms in total. The van der Waals surface area contributed by atoms with Gasteiger partial charge >= 0.3 is 6.09 Å². The molecule has 2 aliphatic rings. The number of hydrogen-bond acceptors (Lipinski definition) is 7. The topological polar surface area (TPSA) is 81.4 Å². The van der Waals surface area contributed by atoms with E-state index in [4.69, 9.17) is 19.2 Å². The lowest BCUT2D eigenvalue weighted by atomic mass is 9.98. The monoisotopic (exact) mass is 601 g/mol. The van der Waals surface area contributed by atoms with E-state index < -0.39 is 21.7 Å². The average Bonchev–Trinajstić information content (AvgIpc) is 3.42. The van der Waals surface area contributed by atoms with Crippen molar-refractivity contribution in [1.29, 1.82) is 0 Å². The molecule has 41 heavy (non-hydrogen) atoms. The highest BCUT2D eigenvalue weighted by Gasteiger charge is 2.42. The van der Waals surface area contributed by atoms with Crippen molar-refractivity contribution in [2.24, 2.45) is 0 Å². The summed E-state index contributed by atoms with van der Waals surface area (Å²) in [5.41, 5.74) is 2.36. The molecule has 1 fully saturated rings. The molecule has 2 atom stereocenters. The van der Waals surface area contributed by atoms with E-state index in [1.165, 1.54) is 5.57 Å². The second-order valence-electron chi connectivity index (χ2n) is 14.9. The Bertz CT molecular complexity index is 1210. The molecule has 11 heteroatoms. The van der Waals surface area contributed by atoms with Crippen LogP contribution in [0.5, 0.6) is 0 Å². The second-order valence-corrected chi connectivity index (χ2v) is 26.2. The highest BCUT2D eigenvalue weighted by atomic mass is 28.3. The lowest BCUT2D eigenvalue weighted by molar-refractivity contribution is 0.0175. The van der Waals surface area contributed by atoms with Crippen LogP contribution in [0.15, 0.2) is 24.4 Å². The molecule has 2 bridgehead atoms. The summed E-state index contributed by atoms with van der Waals surface area (Å²) in [4.78, 5) is 22.0. The molecule has 0 saturated carbocycles. The van der Waals surface area contributed by atoms with Crippen LogP contribution >= 0.6 is 0 Å². The fourth-order valence-electron chi connectivity index (χ4n) is 5.18. The maximum Gasteiger partial charge on any atom is 0.411 e. The van der Waals surface area contributed by atoms with Gasteiger partial charge in [-0.2, -0.15) is 9.61 Å². The van der Waals surface area contributed by atoms with Crippen molar-refractivity contribution < 1.29 is 19.0 Å². The lowest BCUT2D eigenvalue weighted by Crippen LogP contribution is -2.45. The number of nitrogens with zero attached hydrogens (tertiary/aromatic N) is 5. The molecule has 2 aromatic rings. The third-order valence-corrected chi connectivity index (χ3v) is 10.9. The van der Waals surface area contributed by atoms with Gasteiger partial charge in [0.2, 0.25) is 0 Å². The number of aromatic nitrogens is 3. The Hall–Kier alpha value is -2.22. The molecule has 4 heterocycles. The van der Waals surface area contributed by atoms with E-state index in [-0.39, 0.29) is 18.2 Å². The molecule has 0 aliphatic carbocycles. The zero-order chi connectivity index (χ0) is 30.0. The Morgan fingerprint density at radius 1 is 1.02 bits per heavy atom. The van der Waals surface area contributed by atoms with Crippen LogP contribution in [0.2, 0.25) is 51.4 Å². The van der Waals surface area contributed by atoms with Gasteiger partial charge in [0.15, 0.2) is 5.65 Å². The molecular weight excluding hydrogens is 551 g/mol. The zero-order valence-electron chi connectivity index (χ0n) is 26.7. The Morgan fingerprint density at radius 3 is 2.22 bits per heavy atom. The van der Waals surface area contributed by atoms with Crippen molar-refractivity contribution in [2.45, 2.75) is 109 Å². The first-order chi connectivity index (χ1) is 19.1. The number of rotatable bonds is 12. The quantitative estimate of drug-likeness (QED) is 0.152. The molecule has 1 amide bonds. The lowest BCUT2D eigenvalue weighted by Gasteiger charge is -2.35. The van der Waals surface area contributed by atoms with Gasteiger partial charge in [-0.15, -0.1) is 0 Å². The molecule has 0 unspecified atom stereocenters. The van der Waals surface area contributed by atoms with Gasteiger partial charge in [-0.25, -0.2) is 9.78 Å². The van der Waals surface area contributed by atoms with Crippen molar-refractivity contribution in [1.82, 2.24) is 19.5 Å². The molecule has 0 radical (unpaired) electrons. The third kappa shape index (κ3) is 8.89. The van der Waals surface area contributed by atoms with Crippen molar-refractivity contribution in [3.63, 3.8) is 0 Å². The molecule has 0 aromatic carbocycles. The van der Waals surface area contributed by atoms with Gasteiger partial charge < -0.3 is 19.1 Å². The first-order valence-electron chi connectivity index (χ1n) is 15.1. The zero-order valence-corrected chi connectivity index (χ0v) is 28.7. The van der Waals surface area contributed by atoms with Gasteiger partial charge in [0.1, 0.15) is 24.9 Å². The Labute approximate surface area is 248 Å². The summed E-state index contributed by atoms with van der Waals surface area (Å²) in [5.74, 6) is 0.902. The molecule has 2 aromatic heterocycles. The van der Waals surface area contributed by atoms with Crippen LogP contribution in [0.1, 0.15) is 45.7 Å². The minimum Gasteiger partial charge on any atom is -0.444 e. The number of fused-ring (bicyclic) bond motifs is 3. The van der Waals surface area contributed by atoms with Crippen LogP contribution in [-0.4, -0.2) is 86.1 Å². The second kappa shape index (κ2) is 12.6. The van der Waals surface area contributed by atoms with Crippen molar-refractivity contribution in [3.05, 3.63) is 30.1 Å². The largest absolute Gasteiger partial charge is 0.444 e. The molecule has 228 valence electrons. The summed E-state index contributed by atoms with van der Waals surface area (Å²) in [7, 11) is -2.40. The van der Waals surface area contributed by atoms with Crippen LogP contribution in [0, 0.1) is 0 Å². The molecule has 1 saturated heterocycles. The van der Waals surface area contributed by atoms with Gasteiger partial charge in [-0.3, -0.25) is 4.90 Å². The summed E-state index contributed by atoms with van der Waals surface area (Å²) in [5, 5.41) is 4.60. The summed E-state index contributed by atoms with van der Waals surface area (Å²) in [6.07, 6.45) is 6.44. The molecule has 0 N–H and O–H groups in total. The highest BCUT2D eigenvalue weighted by Crippen LogP contribution is 2.39. The summed E-state index contributed by atoms with van der Waals surface area (Å²) >= 11 is 0. The molecule has 0 spiro atoms. The third-order valence-electron chi connectivity index (χ3n) is 7.48. The molecular formula is C30H51N5O4Si2. The van der Waals surface area contributed by atoms with E-state index in [1.54, 1.807) is 6.20 Å². The fourth-order valence-corrected chi connectivity index (χ4v) is 6.69.